The third kappa shape index (κ3) is 36.8. The van der Waals surface area contributed by atoms with Crippen molar-refractivity contribution in [3.8, 4) is 0 Å². The number of allylic oxidation sites excluding steroid dienone is 7. The van der Waals surface area contributed by atoms with Crippen molar-refractivity contribution in [3.05, 3.63) is 48.6 Å². The van der Waals surface area contributed by atoms with Crippen LogP contribution in [0, 0.1) is 0 Å². The van der Waals surface area contributed by atoms with Gasteiger partial charge in [-0.1, -0.05) is 152 Å². The van der Waals surface area contributed by atoms with E-state index in [2.05, 4.69) is 55.6 Å². The van der Waals surface area contributed by atoms with E-state index < -0.39 is 20.0 Å². The molecule has 0 saturated carbocycles. The van der Waals surface area contributed by atoms with Gasteiger partial charge in [-0.25, -0.2) is 0 Å². The molecule has 0 radical (unpaired) electrons. The Morgan fingerprint density at radius 2 is 1.12 bits per heavy atom. The van der Waals surface area contributed by atoms with Crippen molar-refractivity contribution in [1.82, 2.24) is 5.32 Å². The van der Waals surface area contributed by atoms with Crippen LogP contribution in [0.4, 0.5) is 0 Å². The van der Waals surface area contributed by atoms with E-state index in [9.17, 15) is 19.4 Å². The summed E-state index contributed by atoms with van der Waals surface area (Å²) in [5.41, 5.74) is 0. The number of likely N-dealkylation sites (N-methyl/N-ethyl adjacent to an activating group) is 1. The van der Waals surface area contributed by atoms with E-state index in [0.717, 1.165) is 57.8 Å². The number of carbonyl (C=O) groups excluding carboxylic acids is 1. The lowest BCUT2D eigenvalue weighted by Gasteiger charge is -2.29. The predicted molar refractivity (Wildman–Crippen MR) is 219 cm³/mol. The number of nitrogens with one attached hydrogen (secondary N) is 1. The van der Waals surface area contributed by atoms with E-state index in [1.807, 2.05) is 27.2 Å². The van der Waals surface area contributed by atoms with Crippen LogP contribution in [0.25, 0.3) is 0 Å². The molecular formula is C43H81N2O6P. The van der Waals surface area contributed by atoms with Gasteiger partial charge in [0, 0.05) is 6.42 Å². The van der Waals surface area contributed by atoms with E-state index in [1.54, 1.807) is 6.08 Å². The van der Waals surface area contributed by atoms with Crippen LogP contribution in [0.1, 0.15) is 168 Å². The van der Waals surface area contributed by atoms with Crippen LogP contribution in [0.5, 0.6) is 0 Å². The highest BCUT2D eigenvalue weighted by Gasteiger charge is 2.23. The minimum absolute atomic E-state index is 0.00484. The van der Waals surface area contributed by atoms with Crippen LogP contribution in [0.2, 0.25) is 0 Å². The van der Waals surface area contributed by atoms with Crippen molar-refractivity contribution in [2.75, 3.05) is 40.9 Å². The summed E-state index contributed by atoms with van der Waals surface area (Å²) in [4.78, 5) is 25.1. The van der Waals surface area contributed by atoms with E-state index in [1.165, 1.54) is 89.9 Å². The van der Waals surface area contributed by atoms with E-state index >= 15 is 0 Å². The van der Waals surface area contributed by atoms with Crippen molar-refractivity contribution >= 4 is 13.7 Å². The van der Waals surface area contributed by atoms with Crippen molar-refractivity contribution in [3.63, 3.8) is 0 Å². The van der Waals surface area contributed by atoms with Crippen LogP contribution < -0.4 is 10.2 Å². The highest BCUT2D eigenvalue weighted by molar-refractivity contribution is 7.45. The molecular weight excluding hydrogens is 671 g/mol. The number of rotatable bonds is 37. The van der Waals surface area contributed by atoms with Gasteiger partial charge in [-0.3, -0.25) is 9.36 Å². The third-order valence-corrected chi connectivity index (χ3v) is 10.00. The fourth-order valence-corrected chi connectivity index (χ4v) is 6.35. The minimum Gasteiger partial charge on any atom is -0.756 e. The van der Waals surface area contributed by atoms with Crippen molar-refractivity contribution in [1.29, 1.82) is 0 Å². The molecule has 3 unspecified atom stereocenters. The maximum absolute atomic E-state index is 12.8. The second kappa shape index (κ2) is 35.2. The first-order valence-corrected chi connectivity index (χ1v) is 22.5. The van der Waals surface area contributed by atoms with Crippen LogP contribution in [-0.4, -0.2) is 68.5 Å². The van der Waals surface area contributed by atoms with E-state index in [4.69, 9.17) is 9.05 Å². The molecule has 0 spiro atoms. The molecule has 0 heterocycles. The number of carbonyl (C=O) groups is 1. The second-order valence-electron chi connectivity index (χ2n) is 15.3. The van der Waals surface area contributed by atoms with Crippen LogP contribution >= 0.6 is 7.82 Å². The zero-order valence-electron chi connectivity index (χ0n) is 34.2. The monoisotopic (exact) mass is 753 g/mol. The van der Waals surface area contributed by atoms with Crippen LogP contribution in [0.3, 0.4) is 0 Å². The zero-order chi connectivity index (χ0) is 38.6. The number of amides is 1. The van der Waals surface area contributed by atoms with Gasteiger partial charge in [0.15, 0.2) is 0 Å². The van der Waals surface area contributed by atoms with Crippen LogP contribution in [-0.2, 0) is 18.4 Å². The largest absolute Gasteiger partial charge is 0.756 e. The molecule has 0 aliphatic carbocycles. The number of nitrogens with zero attached hydrogens (tertiary/aromatic N) is 1. The van der Waals surface area contributed by atoms with Gasteiger partial charge >= 0.3 is 0 Å². The highest BCUT2D eigenvalue weighted by Crippen LogP contribution is 2.38. The number of quaternary nitrogens is 1. The predicted octanol–water partition coefficient (Wildman–Crippen LogP) is 10.7. The van der Waals surface area contributed by atoms with Gasteiger partial charge in [0.2, 0.25) is 5.91 Å². The molecule has 0 aliphatic rings. The van der Waals surface area contributed by atoms with Crippen molar-refractivity contribution in [2.24, 2.45) is 0 Å². The lowest BCUT2D eigenvalue weighted by Crippen LogP contribution is -2.45. The van der Waals surface area contributed by atoms with Gasteiger partial charge < -0.3 is 28.8 Å². The molecule has 304 valence electrons. The average molecular weight is 753 g/mol. The van der Waals surface area contributed by atoms with Gasteiger partial charge in [0.05, 0.1) is 39.9 Å². The molecule has 9 heteroatoms. The third-order valence-electron chi connectivity index (χ3n) is 9.03. The summed E-state index contributed by atoms with van der Waals surface area (Å²) in [5, 5.41) is 13.6. The fourth-order valence-electron chi connectivity index (χ4n) is 5.63. The quantitative estimate of drug-likeness (QED) is 0.0283. The average Bonchev–Trinajstić information content (AvgIpc) is 3.09. The second-order valence-corrected chi connectivity index (χ2v) is 16.8. The minimum atomic E-state index is -4.58. The Hall–Kier alpha value is -1.54. The van der Waals surface area contributed by atoms with Crippen molar-refractivity contribution in [2.45, 2.75) is 180 Å². The van der Waals surface area contributed by atoms with E-state index in [0.29, 0.717) is 17.4 Å². The zero-order valence-corrected chi connectivity index (χ0v) is 35.1. The Kier molecular flexibility index (Phi) is 34.1. The Bertz CT molecular complexity index is 991. The highest BCUT2D eigenvalue weighted by atomic mass is 31.2. The number of hydrogen-bond acceptors (Lipinski definition) is 6. The first-order chi connectivity index (χ1) is 25.0. The SMILES string of the molecule is CCCCCCC/C=C\C/C=C\C/C=C\CCCCCCCCCCC(=O)NC(COP(=O)([O-])OCC[N+](C)(C)C)C(O)/C=C/CCCCCCC. The Morgan fingerprint density at radius 1 is 0.673 bits per heavy atom. The molecule has 1 amide bonds. The number of unbranched alkanes of at least 4 members (excludes halogenated alkanes) is 18. The Balaban J connectivity index is 4.23. The smallest absolute Gasteiger partial charge is 0.268 e. The van der Waals surface area contributed by atoms with Crippen LogP contribution in [0.15, 0.2) is 48.6 Å². The molecule has 0 aromatic heterocycles. The first-order valence-electron chi connectivity index (χ1n) is 21.0. The fraction of sp³-hybridized carbons (Fsp3) is 0.791. The molecule has 0 aliphatic heterocycles. The molecule has 0 aromatic carbocycles. The summed E-state index contributed by atoms with van der Waals surface area (Å²) in [7, 11) is 1.24. The maximum Gasteiger partial charge on any atom is 0.268 e. The lowest BCUT2D eigenvalue weighted by molar-refractivity contribution is -0.870. The molecule has 0 aromatic rings. The van der Waals surface area contributed by atoms with Gasteiger partial charge in [0.1, 0.15) is 13.2 Å². The Labute approximate surface area is 320 Å². The molecule has 8 nitrogen and oxygen atoms in total. The molecule has 0 bridgehead atoms. The number of aliphatic hydroxyl groups is 1. The summed E-state index contributed by atoms with van der Waals surface area (Å²) in [6, 6.07) is -0.888. The molecule has 0 rings (SSSR count). The summed E-state index contributed by atoms with van der Waals surface area (Å²) >= 11 is 0. The maximum atomic E-state index is 12.8. The summed E-state index contributed by atoms with van der Waals surface area (Å²) in [5.74, 6) is -0.212. The summed E-state index contributed by atoms with van der Waals surface area (Å²) in [6.45, 7) is 4.54. The molecule has 0 fully saturated rings. The standard InChI is InChI=1S/C43H81N2O6P/c1-6-8-10-12-14-15-16-17-18-19-20-21-22-23-24-25-26-27-28-29-31-33-35-37-43(47)44-41(42(46)36-34-32-30-13-11-9-7-2)40-51-52(48,49)50-39-38-45(3,4)5/h16-17,19-20,22-23,34,36,41-42,46H,6-15,18,21,24-33,35,37-40H2,1-5H3,(H-,44,47,48,49)/b17-16-,20-19-,23-22-,36-34+. The number of phosphoric acid groups is 1. The normalized spacial score (nSPS) is 15.0. The van der Waals surface area contributed by atoms with Gasteiger partial charge in [-0.2, -0.15) is 0 Å². The summed E-state index contributed by atoms with van der Waals surface area (Å²) < 4.78 is 23.0. The van der Waals surface area contributed by atoms with Gasteiger partial charge in [-0.05, 0) is 57.8 Å². The first kappa shape index (κ1) is 50.5. The number of aliphatic hydroxyl groups excluding tert-OH is 1. The van der Waals surface area contributed by atoms with Gasteiger partial charge in [-0.15, -0.1) is 0 Å². The lowest BCUT2D eigenvalue weighted by atomic mass is 10.1. The molecule has 3 atom stereocenters. The number of phosphoric ester groups is 1. The number of hydrogen-bond donors (Lipinski definition) is 2. The Morgan fingerprint density at radius 3 is 1.62 bits per heavy atom. The van der Waals surface area contributed by atoms with E-state index in [-0.39, 0.29) is 19.1 Å². The van der Waals surface area contributed by atoms with Gasteiger partial charge in [0.25, 0.3) is 7.82 Å². The molecule has 0 saturated heterocycles. The topological polar surface area (TPSA) is 108 Å². The molecule has 2 N–H and O–H groups in total. The molecule has 52 heavy (non-hydrogen) atoms. The van der Waals surface area contributed by atoms with Crippen molar-refractivity contribution < 1.29 is 32.9 Å². The summed E-state index contributed by atoms with van der Waals surface area (Å²) in [6.07, 6.45) is 43.2.